The van der Waals surface area contributed by atoms with Crippen molar-refractivity contribution in [3.63, 3.8) is 0 Å². The third-order valence-corrected chi connectivity index (χ3v) is 6.14. The first-order chi connectivity index (χ1) is 15.8. The van der Waals surface area contributed by atoms with Crippen LogP contribution in [-0.4, -0.2) is 23.1 Å². The molecule has 0 radical (unpaired) electrons. The topological polar surface area (TPSA) is 51.2 Å². The maximum absolute atomic E-state index is 13.2. The molecule has 0 aliphatic carbocycles. The van der Waals surface area contributed by atoms with Crippen molar-refractivity contribution in [3.05, 3.63) is 88.7 Å². The van der Waals surface area contributed by atoms with E-state index in [1.165, 1.54) is 12.1 Å². The lowest BCUT2D eigenvalue weighted by Gasteiger charge is -2.17. The van der Waals surface area contributed by atoms with Crippen LogP contribution in [-0.2, 0) is 15.7 Å². The number of rotatable bonds is 4. The number of alkyl halides is 3. The highest BCUT2D eigenvalue weighted by atomic mass is 35.5. The van der Waals surface area contributed by atoms with E-state index in [0.29, 0.717) is 34.7 Å². The van der Waals surface area contributed by atoms with Gasteiger partial charge in [-0.05, 0) is 42.7 Å². The summed E-state index contributed by atoms with van der Waals surface area (Å²) in [6.45, 7) is 0. The average Bonchev–Trinajstić information content (AvgIpc) is 3.41. The van der Waals surface area contributed by atoms with E-state index in [1.807, 2.05) is 36.4 Å². The Labute approximate surface area is 193 Å². The molecule has 2 bridgehead atoms. The third kappa shape index (κ3) is 4.14. The summed E-state index contributed by atoms with van der Waals surface area (Å²) in [5, 5.41) is 3.29. The maximum atomic E-state index is 13.2. The molecule has 5 rings (SSSR count). The van der Waals surface area contributed by atoms with Crippen LogP contribution >= 0.6 is 11.6 Å². The van der Waals surface area contributed by atoms with Gasteiger partial charge in [-0.2, -0.15) is 13.2 Å². The maximum Gasteiger partial charge on any atom is 0.433 e. The molecule has 1 amide bonds. The molecule has 0 saturated carbocycles. The Morgan fingerprint density at radius 3 is 2.48 bits per heavy atom. The molecule has 3 heterocycles. The first kappa shape index (κ1) is 21.7. The van der Waals surface area contributed by atoms with E-state index in [-0.39, 0.29) is 5.69 Å². The number of ether oxygens (including phenoxy) is 1. The second-order valence-electron chi connectivity index (χ2n) is 7.94. The van der Waals surface area contributed by atoms with Gasteiger partial charge in [-0.15, -0.1) is 0 Å². The number of fused-ring (bicyclic) bond motifs is 2. The van der Waals surface area contributed by atoms with Gasteiger partial charge in [0.05, 0.1) is 28.5 Å². The molecule has 0 spiro atoms. The van der Waals surface area contributed by atoms with Crippen molar-refractivity contribution in [2.45, 2.75) is 31.2 Å². The number of amides is 1. The van der Waals surface area contributed by atoms with E-state index in [2.05, 4.69) is 10.3 Å². The van der Waals surface area contributed by atoms with Gasteiger partial charge in [0.25, 0.3) is 5.91 Å². The van der Waals surface area contributed by atoms with Crippen LogP contribution in [0.3, 0.4) is 0 Å². The minimum atomic E-state index is -4.57. The zero-order chi connectivity index (χ0) is 23.2. The molecule has 0 unspecified atom stereocenters. The van der Waals surface area contributed by atoms with Gasteiger partial charge in [-0.25, -0.2) is 4.98 Å². The number of nitrogens with zero attached hydrogens (tertiary/aromatic N) is 1. The van der Waals surface area contributed by atoms with Crippen molar-refractivity contribution >= 4 is 28.8 Å². The van der Waals surface area contributed by atoms with Gasteiger partial charge < -0.3 is 10.1 Å². The molecule has 33 heavy (non-hydrogen) atoms. The number of hydrogen-bond donors (Lipinski definition) is 1. The van der Waals surface area contributed by atoms with Gasteiger partial charge in [-0.3, -0.25) is 4.79 Å². The Hall–Kier alpha value is -3.16. The fraction of sp³-hybridized carbons (Fsp3) is 0.200. The van der Waals surface area contributed by atoms with Crippen LogP contribution < -0.4 is 5.32 Å². The molecule has 4 nitrogen and oxygen atoms in total. The van der Waals surface area contributed by atoms with Crippen LogP contribution in [0.25, 0.3) is 16.7 Å². The molecule has 8 heteroatoms. The molecule has 2 aliphatic heterocycles. The lowest BCUT2D eigenvalue weighted by Crippen LogP contribution is -2.23. The van der Waals surface area contributed by atoms with E-state index in [0.717, 1.165) is 17.2 Å². The Morgan fingerprint density at radius 2 is 1.76 bits per heavy atom. The highest BCUT2D eigenvalue weighted by molar-refractivity contribution is 6.33. The lowest BCUT2D eigenvalue weighted by atomic mass is 9.89. The Balaban J connectivity index is 1.46. The number of carbonyl (C=O) groups excluding carboxylic acids is 1. The van der Waals surface area contributed by atoms with Crippen LogP contribution in [0.4, 0.5) is 18.9 Å². The summed E-state index contributed by atoms with van der Waals surface area (Å²) >= 11 is 6.45. The number of nitrogens with one attached hydrogen (secondary N) is 1. The van der Waals surface area contributed by atoms with Crippen molar-refractivity contribution < 1.29 is 22.7 Å². The molecule has 3 aromatic rings. The molecule has 168 valence electrons. The average molecular weight is 471 g/mol. The number of pyridine rings is 1. The standard InChI is InChI=1S/C25H18ClF3N2O2/c26-17-13-15(9-10-16(17)14-5-2-1-3-6-14)30-24(32)23-20-12-11-19(33-20)22(23)18-7-4-8-21(31-18)25(27,28)29/h1-10,13,19-20H,11-12H2,(H,30,32)/t19-,20+/m0/s1. The summed E-state index contributed by atoms with van der Waals surface area (Å²) in [5.41, 5.74) is 2.10. The van der Waals surface area contributed by atoms with E-state index in [4.69, 9.17) is 16.3 Å². The number of halogens is 4. The highest BCUT2D eigenvalue weighted by Gasteiger charge is 2.45. The normalized spacial score (nSPS) is 19.8. The minimum absolute atomic E-state index is 0.111. The van der Waals surface area contributed by atoms with Crippen LogP contribution in [0.1, 0.15) is 24.2 Å². The van der Waals surface area contributed by atoms with Crippen molar-refractivity contribution in [1.29, 1.82) is 0 Å². The number of carbonyl (C=O) groups is 1. The predicted molar refractivity (Wildman–Crippen MR) is 120 cm³/mol. The van der Waals surface area contributed by atoms with Gasteiger partial charge >= 0.3 is 6.18 Å². The minimum Gasteiger partial charge on any atom is -0.365 e. The zero-order valence-corrected chi connectivity index (χ0v) is 18.0. The quantitative estimate of drug-likeness (QED) is 0.481. The van der Waals surface area contributed by atoms with E-state index in [9.17, 15) is 18.0 Å². The van der Waals surface area contributed by atoms with E-state index < -0.39 is 30.0 Å². The molecule has 1 saturated heterocycles. The van der Waals surface area contributed by atoms with E-state index in [1.54, 1.807) is 12.1 Å². The van der Waals surface area contributed by atoms with Gasteiger partial charge in [0.2, 0.25) is 0 Å². The lowest BCUT2D eigenvalue weighted by molar-refractivity contribution is -0.141. The van der Waals surface area contributed by atoms with Gasteiger partial charge in [0.15, 0.2) is 0 Å². The Morgan fingerprint density at radius 1 is 1.00 bits per heavy atom. The first-order valence-corrected chi connectivity index (χ1v) is 10.8. The van der Waals surface area contributed by atoms with Crippen molar-refractivity contribution in [2.75, 3.05) is 5.32 Å². The zero-order valence-electron chi connectivity index (χ0n) is 17.2. The summed E-state index contributed by atoms with van der Waals surface area (Å²) in [5.74, 6) is -0.431. The molecule has 1 fully saturated rings. The highest BCUT2D eigenvalue weighted by Crippen LogP contribution is 2.44. The number of hydrogen-bond acceptors (Lipinski definition) is 3. The number of benzene rings is 2. The molecule has 2 atom stereocenters. The second kappa shape index (κ2) is 8.32. The molecular formula is C25H18ClF3N2O2. The van der Waals surface area contributed by atoms with Crippen molar-refractivity contribution in [1.82, 2.24) is 4.98 Å². The molecular weight excluding hydrogens is 453 g/mol. The third-order valence-electron chi connectivity index (χ3n) is 5.83. The summed E-state index contributed by atoms with van der Waals surface area (Å²) < 4.78 is 45.4. The predicted octanol–water partition coefficient (Wildman–Crippen LogP) is 6.37. The summed E-state index contributed by atoms with van der Waals surface area (Å²) in [7, 11) is 0. The van der Waals surface area contributed by atoms with Crippen LogP contribution in [0.5, 0.6) is 0 Å². The van der Waals surface area contributed by atoms with Crippen LogP contribution in [0, 0.1) is 0 Å². The number of aromatic nitrogens is 1. The SMILES string of the molecule is O=C(Nc1ccc(-c2ccccc2)c(Cl)c1)C1=C(c2cccc(C(F)(F)F)n2)[C@@H]2CC[C@H]1O2. The largest absolute Gasteiger partial charge is 0.433 e. The summed E-state index contributed by atoms with van der Waals surface area (Å²) in [6, 6.07) is 18.5. The van der Waals surface area contributed by atoms with Gasteiger partial charge in [-0.1, -0.05) is 54.1 Å². The van der Waals surface area contributed by atoms with Crippen molar-refractivity contribution in [2.24, 2.45) is 0 Å². The first-order valence-electron chi connectivity index (χ1n) is 10.4. The van der Waals surface area contributed by atoms with Crippen LogP contribution in [0.15, 0.2) is 72.3 Å². The molecule has 2 aromatic carbocycles. The van der Waals surface area contributed by atoms with E-state index >= 15 is 0 Å². The number of anilines is 1. The smallest absolute Gasteiger partial charge is 0.365 e. The molecule has 2 aliphatic rings. The molecule has 1 N–H and O–H groups in total. The second-order valence-corrected chi connectivity index (χ2v) is 8.35. The van der Waals surface area contributed by atoms with Gasteiger partial charge in [0.1, 0.15) is 5.69 Å². The fourth-order valence-corrected chi connectivity index (χ4v) is 4.66. The molecule has 1 aromatic heterocycles. The van der Waals surface area contributed by atoms with Crippen LogP contribution in [0.2, 0.25) is 5.02 Å². The Bertz CT molecular complexity index is 1260. The van der Waals surface area contributed by atoms with Gasteiger partial charge in [0, 0.05) is 16.8 Å². The monoisotopic (exact) mass is 470 g/mol. The Kier molecular flexibility index (Phi) is 5.46. The fourth-order valence-electron chi connectivity index (χ4n) is 4.37. The van der Waals surface area contributed by atoms with Crippen molar-refractivity contribution in [3.8, 4) is 11.1 Å². The summed E-state index contributed by atoms with van der Waals surface area (Å²) in [6.07, 6.45) is -4.24. The summed E-state index contributed by atoms with van der Waals surface area (Å²) in [4.78, 5) is 17.0.